The van der Waals surface area contributed by atoms with E-state index in [9.17, 15) is 4.39 Å². The standard InChI is InChI=1S/C16H17BrFNO/c1-10(2)20-14-9-4-3-6-11(14)16(19)12-7-5-8-13(18)15(12)17/h3-10,16H,19H2,1-2H3. The average Bonchev–Trinajstić information content (AvgIpc) is 2.41. The summed E-state index contributed by atoms with van der Waals surface area (Å²) in [5.74, 6) is 0.409. The molecule has 0 bridgehead atoms. The van der Waals surface area contributed by atoms with Crippen LogP contribution in [-0.4, -0.2) is 6.10 Å². The molecule has 0 aliphatic rings. The fraction of sp³-hybridized carbons (Fsp3) is 0.250. The molecular weight excluding hydrogens is 321 g/mol. The molecule has 0 heterocycles. The van der Waals surface area contributed by atoms with Gasteiger partial charge in [-0.15, -0.1) is 0 Å². The topological polar surface area (TPSA) is 35.2 Å². The fourth-order valence-electron chi connectivity index (χ4n) is 2.03. The Kier molecular flexibility index (Phi) is 4.78. The number of hydrogen-bond donors (Lipinski definition) is 1. The van der Waals surface area contributed by atoms with Crippen molar-refractivity contribution in [2.45, 2.75) is 26.0 Å². The molecule has 1 atom stereocenters. The van der Waals surface area contributed by atoms with Crippen molar-refractivity contribution in [3.63, 3.8) is 0 Å². The molecule has 106 valence electrons. The van der Waals surface area contributed by atoms with Crippen LogP contribution < -0.4 is 10.5 Å². The van der Waals surface area contributed by atoms with Crippen molar-refractivity contribution in [1.29, 1.82) is 0 Å². The van der Waals surface area contributed by atoms with Crippen LogP contribution in [0.3, 0.4) is 0 Å². The number of rotatable bonds is 4. The minimum Gasteiger partial charge on any atom is -0.491 e. The summed E-state index contributed by atoms with van der Waals surface area (Å²) in [6.45, 7) is 3.92. The fourth-order valence-corrected chi connectivity index (χ4v) is 2.54. The summed E-state index contributed by atoms with van der Waals surface area (Å²) in [7, 11) is 0. The molecule has 0 aliphatic carbocycles. The number of ether oxygens (including phenoxy) is 1. The lowest BCUT2D eigenvalue weighted by molar-refractivity contribution is 0.239. The van der Waals surface area contributed by atoms with Crippen molar-refractivity contribution >= 4 is 15.9 Å². The first-order chi connectivity index (χ1) is 9.50. The number of halogens is 2. The lowest BCUT2D eigenvalue weighted by Crippen LogP contribution is -2.16. The summed E-state index contributed by atoms with van der Waals surface area (Å²) in [6.07, 6.45) is 0.0549. The van der Waals surface area contributed by atoms with Crippen molar-refractivity contribution in [2.75, 3.05) is 0 Å². The monoisotopic (exact) mass is 337 g/mol. The normalized spacial score (nSPS) is 12.5. The van der Waals surface area contributed by atoms with Crippen LogP contribution >= 0.6 is 15.9 Å². The molecule has 2 N–H and O–H groups in total. The average molecular weight is 338 g/mol. The van der Waals surface area contributed by atoms with Crippen molar-refractivity contribution < 1.29 is 9.13 Å². The van der Waals surface area contributed by atoms with Gasteiger partial charge in [-0.2, -0.15) is 0 Å². The molecule has 0 radical (unpaired) electrons. The summed E-state index contributed by atoms with van der Waals surface area (Å²) in [6, 6.07) is 12.0. The quantitative estimate of drug-likeness (QED) is 0.895. The van der Waals surface area contributed by atoms with E-state index < -0.39 is 6.04 Å². The van der Waals surface area contributed by atoms with Gasteiger partial charge in [-0.05, 0) is 47.5 Å². The highest BCUT2D eigenvalue weighted by Crippen LogP contribution is 2.33. The van der Waals surface area contributed by atoms with Gasteiger partial charge in [0.15, 0.2) is 0 Å². The second-order valence-electron chi connectivity index (χ2n) is 4.83. The molecule has 20 heavy (non-hydrogen) atoms. The van der Waals surface area contributed by atoms with Crippen LogP contribution in [0.2, 0.25) is 0 Å². The number of hydrogen-bond acceptors (Lipinski definition) is 2. The van der Waals surface area contributed by atoms with Crippen LogP contribution in [0.5, 0.6) is 5.75 Å². The van der Waals surface area contributed by atoms with E-state index in [-0.39, 0.29) is 11.9 Å². The van der Waals surface area contributed by atoms with E-state index in [1.165, 1.54) is 6.07 Å². The van der Waals surface area contributed by atoms with E-state index in [4.69, 9.17) is 10.5 Å². The van der Waals surface area contributed by atoms with E-state index >= 15 is 0 Å². The lowest BCUT2D eigenvalue weighted by Gasteiger charge is -2.20. The molecule has 4 heteroatoms. The second-order valence-corrected chi connectivity index (χ2v) is 5.62. The van der Waals surface area contributed by atoms with Crippen LogP contribution in [0.1, 0.15) is 31.0 Å². The zero-order valence-corrected chi connectivity index (χ0v) is 13.0. The van der Waals surface area contributed by atoms with Gasteiger partial charge in [0.1, 0.15) is 11.6 Å². The van der Waals surface area contributed by atoms with Crippen molar-refractivity contribution in [3.05, 3.63) is 63.9 Å². The predicted octanol–water partition coefficient (Wildman–Crippen LogP) is 4.42. The Morgan fingerprint density at radius 2 is 1.70 bits per heavy atom. The molecule has 2 rings (SSSR count). The first-order valence-electron chi connectivity index (χ1n) is 6.45. The summed E-state index contributed by atoms with van der Waals surface area (Å²) >= 11 is 3.26. The van der Waals surface area contributed by atoms with Gasteiger partial charge in [0.05, 0.1) is 16.6 Å². The number of para-hydroxylation sites is 1. The molecular formula is C16H17BrFNO. The molecule has 0 spiro atoms. The Hall–Kier alpha value is -1.39. The van der Waals surface area contributed by atoms with Gasteiger partial charge in [-0.1, -0.05) is 30.3 Å². The van der Waals surface area contributed by atoms with E-state index in [1.54, 1.807) is 6.07 Å². The predicted molar refractivity (Wildman–Crippen MR) is 82.3 cm³/mol. The third-order valence-corrected chi connectivity index (χ3v) is 3.77. The maximum Gasteiger partial charge on any atom is 0.137 e. The van der Waals surface area contributed by atoms with Crippen molar-refractivity contribution in [1.82, 2.24) is 0 Å². The molecule has 0 fully saturated rings. The van der Waals surface area contributed by atoms with Crippen LogP contribution in [0.4, 0.5) is 4.39 Å². The van der Waals surface area contributed by atoms with Gasteiger partial charge in [0, 0.05) is 5.56 Å². The first kappa shape index (κ1) is 15.0. The molecule has 0 aliphatic heterocycles. The summed E-state index contributed by atoms with van der Waals surface area (Å²) < 4.78 is 19.8. The summed E-state index contributed by atoms with van der Waals surface area (Å²) in [5, 5.41) is 0. The maximum absolute atomic E-state index is 13.6. The van der Waals surface area contributed by atoms with Crippen molar-refractivity contribution in [3.8, 4) is 5.75 Å². The van der Waals surface area contributed by atoms with E-state index in [0.717, 1.165) is 11.3 Å². The third-order valence-electron chi connectivity index (χ3n) is 2.93. The van der Waals surface area contributed by atoms with Crippen LogP contribution in [0, 0.1) is 5.82 Å². The molecule has 1 unspecified atom stereocenters. The molecule has 0 saturated heterocycles. The molecule has 0 saturated carbocycles. The molecule has 2 nitrogen and oxygen atoms in total. The minimum absolute atomic E-state index is 0.0549. The van der Waals surface area contributed by atoms with Gasteiger partial charge in [0.2, 0.25) is 0 Å². The highest BCUT2D eigenvalue weighted by molar-refractivity contribution is 9.10. The Bertz CT molecular complexity index is 601. The minimum atomic E-state index is -0.449. The van der Waals surface area contributed by atoms with Gasteiger partial charge in [-0.25, -0.2) is 4.39 Å². The Morgan fingerprint density at radius 3 is 2.40 bits per heavy atom. The Morgan fingerprint density at radius 1 is 1.05 bits per heavy atom. The molecule has 0 aromatic heterocycles. The number of nitrogens with two attached hydrogens (primary N) is 1. The van der Waals surface area contributed by atoms with Crippen LogP contribution in [0.25, 0.3) is 0 Å². The number of benzene rings is 2. The third kappa shape index (κ3) is 3.19. The Labute approximate surface area is 126 Å². The molecule has 0 amide bonds. The smallest absolute Gasteiger partial charge is 0.137 e. The second kappa shape index (κ2) is 6.37. The van der Waals surface area contributed by atoms with Crippen molar-refractivity contribution in [2.24, 2.45) is 5.73 Å². The highest BCUT2D eigenvalue weighted by atomic mass is 79.9. The van der Waals surface area contributed by atoms with Gasteiger partial charge < -0.3 is 10.5 Å². The largest absolute Gasteiger partial charge is 0.491 e. The van der Waals surface area contributed by atoms with E-state index in [1.807, 2.05) is 44.2 Å². The zero-order chi connectivity index (χ0) is 14.7. The molecule has 2 aromatic carbocycles. The van der Waals surface area contributed by atoms with Crippen LogP contribution in [0.15, 0.2) is 46.9 Å². The zero-order valence-electron chi connectivity index (χ0n) is 11.4. The van der Waals surface area contributed by atoms with E-state index in [0.29, 0.717) is 10.0 Å². The van der Waals surface area contributed by atoms with E-state index in [2.05, 4.69) is 15.9 Å². The Balaban J connectivity index is 2.43. The summed E-state index contributed by atoms with van der Waals surface area (Å²) in [4.78, 5) is 0. The highest BCUT2D eigenvalue weighted by Gasteiger charge is 2.18. The van der Waals surface area contributed by atoms with Crippen LogP contribution in [-0.2, 0) is 0 Å². The summed E-state index contributed by atoms with van der Waals surface area (Å²) in [5.41, 5.74) is 7.83. The first-order valence-corrected chi connectivity index (χ1v) is 7.25. The lowest BCUT2D eigenvalue weighted by atomic mass is 9.98. The maximum atomic E-state index is 13.6. The van der Waals surface area contributed by atoms with Gasteiger partial charge in [0.25, 0.3) is 0 Å². The van der Waals surface area contributed by atoms with Gasteiger partial charge in [-0.3, -0.25) is 0 Å². The molecule has 2 aromatic rings. The SMILES string of the molecule is CC(C)Oc1ccccc1C(N)c1cccc(F)c1Br. The van der Waals surface area contributed by atoms with Gasteiger partial charge >= 0.3 is 0 Å².